The van der Waals surface area contributed by atoms with E-state index in [4.69, 9.17) is 5.11 Å². The molecule has 4 nitrogen and oxygen atoms in total. The van der Waals surface area contributed by atoms with Crippen LogP contribution in [0.4, 0.5) is 0 Å². The van der Waals surface area contributed by atoms with Gasteiger partial charge >= 0.3 is 0 Å². The maximum Gasteiger partial charge on any atom is 0.273 e. The normalized spacial score (nSPS) is 10.4. The van der Waals surface area contributed by atoms with Crippen LogP contribution in [0.2, 0.25) is 0 Å². The molecule has 2 aromatic rings. The predicted octanol–water partition coefficient (Wildman–Crippen LogP) is 2.09. The molecule has 0 atom stereocenters. The first kappa shape index (κ1) is 13.7. The Bertz CT molecular complexity index is 539. The lowest BCUT2D eigenvalue weighted by atomic mass is 10.2. The molecule has 19 heavy (non-hydrogen) atoms. The zero-order chi connectivity index (χ0) is 13.7. The summed E-state index contributed by atoms with van der Waals surface area (Å²) >= 11 is 1.45. The Labute approximate surface area is 116 Å². The van der Waals surface area contributed by atoms with Gasteiger partial charge in [-0.2, -0.15) is 0 Å². The molecule has 0 radical (unpaired) electrons. The molecule has 1 amide bonds. The maximum absolute atomic E-state index is 12.3. The number of carbonyl (C=O) groups excluding carboxylic acids is 1. The van der Waals surface area contributed by atoms with E-state index < -0.39 is 0 Å². The van der Waals surface area contributed by atoms with E-state index in [9.17, 15) is 4.79 Å². The SMILES string of the molecule is Cc1nc(C(=O)N(CCO)Cc2ccccc2)cs1. The molecule has 0 aliphatic carbocycles. The lowest BCUT2D eigenvalue weighted by Gasteiger charge is -2.20. The van der Waals surface area contributed by atoms with E-state index >= 15 is 0 Å². The number of rotatable bonds is 5. The summed E-state index contributed by atoms with van der Waals surface area (Å²) < 4.78 is 0. The molecular formula is C14H16N2O2S. The third kappa shape index (κ3) is 3.62. The first-order chi connectivity index (χ1) is 9.20. The van der Waals surface area contributed by atoms with Gasteiger partial charge in [0.15, 0.2) is 0 Å². The number of carbonyl (C=O) groups is 1. The second-order valence-electron chi connectivity index (χ2n) is 4.19. The smallest absolute Gasteiger partial charge is 0.273 e. The summed E-state index contributed by atoms with van der Waals surface area (Å²) in [5.74, 6) is -0.137. The van der Waals surface area contributed by atoms with Gasteiger partial charge in [-0.3, -0.25) is 4.79 Å². The van der Waals surface area contributed by atoms with Gasteiger partial charge in [0, 0.05) is 18.5 Å². The fourth-order valence-electron chi connectivity index (χ4n) is 1.80. The Hall–Kier alpha value is -1.72. The summed E-state index contributed by atoms with van der Waals surface area (Å²) in [5.41, 5.74) is 1.49. The molecule has 0 unspecified atom stereocenters. The molecule has 0 aliphatic rings. The summed E-state index contributed by atoms with van der Waals surface area (Å²) in [6.07, 6.45) is 0. The summed E-state index contributed by atoms with van der Waals surface area (Å²) in [6.45, 7) is 2.61. The highest BCUT2D eigenvalue weighted by Crippen LogP contribution is 2.13. The van der Waals surface area contributed by atoms with Crippen molar-refractivity contribution in [1.29, 1.82) is 0 Å². The van der Waals surface area contributed by atoms with E-state index in [1.54, 1.807) is 10.3 Å². The predicted molar refractivity (Wildman–Crippen MR) is 75.1 cm³/mol. The molecule has 1 N–H and O–H groups in total. The van der Waals surface area contributed by atoms with E-state index in [0.717, 1.165) is 10.6 Å². The molecular weight excluding hydrogens is 260 g/mol. The summed E-state index contributed by atoms with van der Waals surface area (Å²) in [6, 6.07) is 9.73. The standard InChI is InChI=1S/C14H16N2O2S/c1-11-15-13(10-19-11)14(18)16(7-8-17)9-12-5-3-2-4-6-12/h2-6,10,17H,7-9H2,1H3. The Morgan fingerprint density at radius 3 is 2.68 bits per heavy atom. The first-order valence-electron chi connectivity index (χ1n) is 6.07. The second kappa shape index (κ2) is 6.45. The van der Waals surface area contributed by atoms with Crippen molar-refractivity contribution in [3.63, 3.8) is 0 Å². The Balaban J connectivity index is 2.13. The fraction of sp³-hybridized carbons (Fsp3) is 0.286. The van der Waals surface area contributed by atoms with Crippen LogP contribution < -0.4 is 0 Å². The van der Waals surface area contributed by atoms with Crippen molar-refractivity contribution in [1.82, 2.24) is 9.88 Å². The molecule has 0 fully saturated rings. The Morgan fingerprint density at radius 2 is 2.11 bits per heavy atom. The molecule has 1 aromatic heterocycles. The highest BCUT2D eigenvalue weighted by molar-refractivity contribution is 7.09. The number of hydrogen-bond acceptors (Lipinski definition) is 4. The van der Waals surface area contributed by atoms with E-state index in [0.29, 0.717) is 18.8 Å². The molecule has 0 spiro atoms. The number of aryl methyl sites for hydroxylation is 1. The highest BCUT2D eigenvalue weighted by Gasteiger charge is 2.18. The Morgan fingerprint density at radius 1 is 1.37 bits per heavy atom. The van der Waals surface area contributed by atoms with Crippen molar-refractivity contribution < 1.29 is 9.90 Å². The lowest BCUT2D eigenvalue weighted by Crippen LogP contribution is -2.33. The Kier molecular flexibility index (Phi) is 4.65. The van der Waals surface area contributed by atoms with Crippen molar-refractivity contribution in [2.45, 2.75) is 13.5 Å². The number of hydrogen-bond donors (Lipinski definition) is 1. The van der Waals surface area contributed by atoms with Crippen LogP contribution >= 0.6 is 11.3 Å². The molecule has 5 heteroatoms. The van der Waals surface area contributed by atoms with Gasteiger partial charge < -0.3 is 10.0 Å². The first-order valence-corrected chi connectivity index (χ1v) is 6.95. The zero-order valence-corrected chi connectivity index (χ0v) is 11.6. The third-order valence-corrected chi connectivity index (χ3v) is 3.49. The molecule has 0 bridgehead atoms. The van der Waals surface area contributed by atoms with Gasteiger partial charge in [-0.1, -0.05) is 30.3 Å². The van der Waals surface area contributed by atoms with Crippen LogP contribution in [0.15, 0.2) is 35.7 Å². The van der Waals surface area contributed by atoms with Crippen LogP contribution in [0.3, 0.4) is 0 Å². The van der Waals surface area contributed by atoms with Crippen LogP contribution in [0.5, 0.6) is 0 Å². The average molecular weight is 276 g/mol. The van der Waals surface area contributed by atoms with Crippen molar-refractivity contribution in [3.8, 4) is 0 Å². The van der Waals surface area contributed by atoms with Gasteiger partial charge in [-0.05, 0) is 12.5 Å². The van der Waals surface area contributed by atoms with E-state index in [-0.39, 0.29) is 12.5 Å². The molecule has 100 valence electrons. The quantitative estimate of drug-likeness (QED) is 0.909. The van der Waals surface area contributed by atoms with Gasteiger partial charge in [-0.15, -0.1) is 11.3 Å². The largest absolute Gasteiger partial charge is 0.395 e. The minimum absolute atomic E-state index is 0.0539. The number of aliphatic hydroxyl groups is 1. The van der Waals surface area contributed by atoms with Gasteiger partial charge in [0.05, 0.1) is 11.6 Å². The van der Waals surface area contributed by atoms with Crippen LogP contribution in [0.25, 0.3) is 0 Å². The second-order valence-corrected chi connectivity index (χ2v) is 5.25. The number of thiazole rings is 1. The minimum Gasteiger partial charge on any atom is -0.395 e. The van der Waals surface area contributed by atoms with E-state index in [1.165, 1.54) is 11.3 Å². The number of nitrogens with zero attached hydrogens (tertiary/aromatic N) is 2. The van der Waals surface area contributed by atoms with Gasteiger partial charge in [-0.25, -0.2) is 4.98 Å². The molecule has 0 aliphatic heterocycles. The number of amides is 1. The average Bonchev–Trinajstić information content (AvgIpc) is 2.85. The van der Waals surface area contributed by atoms with Crippen LogP contribution in [-0.4, -0.2) is 34.0 Å². The summed E-state index contributed by atoms with van der Waals surface area (Å²) in [5, 5.41) is 11.7. The molecule has 2 rings (SSSR count). The molecule has 0 saturated heterocycles. The van der Waals surface area contributed by atoms with Gasteiger partial charge in [0.1, 0.15) is 5.69 Å². The number of benzene rings is 1. The number of aliphatic hydroxyl groups excluding tert-OH is 1. The third-order valence-electron chi connectivity index (χ3n) is 2.71. The van der Waals surface area contributed by atoms with Crippen LogP contribution in [-0.2, 0) is 6.54 Å². The summed E-state index contributed by atoms with van der Waals surface area (Å²) in [7, 11) is 0. The molecule has 0 saturated carbocycles. The van der Waals surface area contributed by atoms with Crippen molar-refractivity contribution in [2.75, 3.05) is 13.2 Å². The lowest BCUT2D eigenvalue weighted by molar-refractivity contribution is 0.0702. The number of aromatic nitrogens is 1. The zero-order valence-electron chi connectivity index (χ0n) is 10.7. The monoisotopic (exact) mass is 276 g/mol. The maximum atomic E-state index is 12.3. The minimum atomic E-state index is -0.137. The van der Waals surface area contributed by atoms with Gasteiger partial charge in [0.25, 0.3) is 5.91 Å². The van der Waals surface area contributed by atoms with Crippen molar-refractivity contribution >= 4 is 17.2 Å². The molecule has 1 heterocycles. The fourth-order valence-corrected chi connectivity index (χ4v) is 2.39. The summed E-state index contributed by atoms with van der Waals surface area (Å²) in [4.78, 5) is 18.1. The molecule has 1 aromatic carbocycles. The van der Waals surface area contributed by atoms with Crippen LogP contribution in [0.1, 0.15) is 21.1 Å². The van der Waals surface area contributed by atoms with E-state index in [1.807, 2.05) is 37.3 Å². The van der Waals surface area contributed by atoms with Gasteiger partial charge in [0.2, 0.25) is 0 Å². The van der Waals surface area contributed by atoms with E-state index in [2.05, 4.69) is 4.98 Å². The topological polar surface area (TPSA) is 53.4 Å². The van der Waals surface area contributed by atoms with Crippen molar-refractivity contribution in [3.05, 3.63) is 52.0 Å². The van der Waals surface area contributed by atoms with Crippen molar-refractivity contribution in [2.24, 2.45) is 0 Å². The van der Waals surface area contributed by atoms with Crippen LogP contribution in [0, 0.1) is 6.92 Å². The highest BCUT2D eigenvalue weighted by atomic mass is 32.1.